The Labute approximate surface area is 354 Å². The Kier molecular flexibility index (Phi) is 16.7. The highest BCUT2D eigenvalue weighted by Crippen LogP contribution is 2.25. The van der Waals surface area contributed by atoms with Gasteiger partial charge in [0.2, 0.25) is 10.0 Å². The molecule has 7 N–H and O–H groups in total. The third kappa shape index (κ3) is 14.3. The zero-order valence-electron chi connectivity index (χ0n) is 35.2. The number of rotatable bonds is 10. The van der Waals surface area contributed by atoms with Gasteiger partial charge < -0.3 is 36.5 Å². The molecule has 61 heavy (non-hydrogen) atoms. The molecule has 2 amide bonds. The molecule has 2 unspecified atom stereocenters. The quantitative estimate of drug-likeness (QED) is 0.185. The van der Waals surface area contributed by atoms with E-state index in [0.717, 1.165) is 24.3 Å². The van der Waals surface area contributed by atoms with E-state index >= 15 is 0 Å². The molecule has 2 saturated heterocycles. The first-order valence-corrected chi connectivity index (χ1v) is 21.3. The maximum absolute atomic E-state index is 13.6. The fourth-order valence-corrected chi connectivity index (χ4v) is 8.45. The Bertz CT molecular complexity index is 2020. The molecule has 2 heterocycles. The summed E-state index contributed by atoms with van der Waals surface area (Å²) < 4.78 is 92.3. The number of hydrogen-bond donors (Lipinski definition) is 5. The molecule has 3 aromatic rings. The summed E-state index contributed by atoms with van der Waals surface area (Å²) in [4.78, 5) is 28.1. The lowest BCUT2D eigenvalue weighted by molar-refractivity contribution is -0.0270. The summed E-state index contributed by atoms with van der Waals surface area (Å²) in [7, 11) is -3.91. The van der Waals surface area contributed by atoms with Crippen molar-refractivity contribution in [3.8, 4) is 0 Å². The molecular weight excluding hydrogens is 825 g/mol. The fourth-order valence-electron chi connectivity index (χ4n) is 6.97. The molecule has 6 atom stereocenters. The van der Waals surface area contributed by atoms with Crippen molar-refractivity contribution in [2.24, 2.45) is 11.5 Å². The number of aliphatic hydroxyl groups is 2. The van der Waals surface area contributed by atoms with Gasteiger partial charge >= 0.3 is 12.2 Å². The van der Waals surface area contributed by atoms with Crippen molar-refractivity contribution in [3.63, 3.8) is 0 Å². The summed E-state index contributed by atoms with van der Waals surface area (Å²) in [5, 5.41) is 24.9. The molecule has 2 aliphatic rings. The lowest BCUT2D eigenvalue weighted by Crippen LogP contribution is -2.64. The number of piperazine rings is 2. The van der Waals surface area contributed by atoms with Crippen molar-refractivity contribution in [3.05, 3.63) is 101 Å². The maximum atomic E-state index is 13.6. The predicted octanol–water partition coefficient (Wildman–Crippen LogP) is 3.91. The van der Waals surface area contributed by atoms with Crippen LogP contribution in [0.1, 0.15) is 52.7 Å². The van der Waals surface area contributed by atoms with E-state index in [1.54, 1.807) is 59.7 Å². The first kappa shape index (κ1) is 49.3. The third-order valence-corrected chi connectivity index (χ3v) is 11.6. The van der Waals surface area contributed by atoms with Crippen LogP contribution >= 0.6 is 0 Å². The Morgan fingerprint density at radius 1 is 0.721 bits per heavy atom. The molecule has 5 rings (SSSR count). The topological polar surface area (TPSA) is 201 Å². The highest BCUT2D eigenvalue weighted by Gasteiger charge is 2.43. The smallest absolute Gasteiger partial charge is 0.410 e. The largest absolute Gasteiger partial charge is 0.444 e. The van der Waals surface area contributed by atoms with Gasteiger partial charge in [-0.1, -0.05) is 18.2 Å². The molecule has 14 nitrogen and oxygen atoms in total. The fraction of sp³-hybridized carbons (Fsp3) is 0.524. The third-order valence-electron chi connectivity index (χ3n) is 9.75. The van der Waals surface area contributed by atoms with Gasteiger partial charge in [-0.05, 0) is 102 Å². The highest BCUT2D eigenvalue weighted by atomic mass is 32.2. The van der Waals surface area contributed by atoms with Gasteiger partial charge in [-0.15, -0.1) is 0 Å². The number of amides is 2. The van der Waals surface area contributed by atoms with Crippen LogP contribution in [0.25, 0.3) is 0 Å². The molecule has 0 spiro atoms. The van der Waals surface area contributed by atoms with Gasteiger partial charge in [0.05, 0.1) is 29.2 Å². The Morgan fingerprint density at radius 3 is 1.59 bits per heavy atom. The van der Waals surface area contributed by atoms with Crippen LogP contribution in [-0.2, 0) is 32.3 Å². The summed E-state index contributed by atoms with van der Waals surface area (Å²) in [5.74, 6) is -2.96. The Balaban J connectivity index is 0.000000281. The number of ether oxygens (including phenoxy) is 2. The molecule has 338 valence electrons. The summed E-state index contributed by atoms with van der Waals surface area (Å²) >= 11 is 0. The number of nitrogens with two attached hydrogens (primary N) is 2. The number of benzene rings is 3. The molecule has 0 saturated carbocycles. The second-order valence-electron chi connectivity index (χ2n) is 17.1. The minimum absolute atomic E-state index is 0.00988. The monoisotopic (exact) mass is 882 g/mol. The summed E-state index contributed by atoms with van der Waals surface area (Å²) in [5.41, 5.74) is 11.4. The number of hydrogen-bond acceptors (Lipinski definition) is 11. The first-order valence-electron chi connectivity index (χ1n) is 19.9. The van der Waals surface area contributed by atoms with Crippen LogP contribution in [0.15, 0.2) is 71.6 Å². The van der Waals surface area contributed by atoms with Gasteiger partial charge in [0.25, 0.3) is 0 Å². The Morgan fingerprint density at radius 2 is 1.15 bits per heavy atom. The first-order chi connectivity index (χ1) is 28.3. The second kappa shape index (κ2) is 20.7. The van der Waals surface area contributed by atoms with Crippen molar-refractivity contribution in [2.75, 3.05) is 39.3 Å². The molecule has 0 radical (unpaired) electrons. The molecular formula is C42H58F4N6O8S. The minimum Gasteiger partial charge on any atom is -0.444 e. The SMILES string of the molecule is CC(C)(C)OC(=O)N1CCN(S(=O)(=O)c2ccccc2)C[C@@H]1[C@@H](O)C(N)Cc1cc(F)cc(F)c1.CC(C)(C)OC(=O)N1CCNC[C@@H]1[C@@H](O)C(N)Cc1cc(F)cc(F)c1. The van der Waals surface area contributed by atoms with Crippen LogP contribution in [0.5, 0.6) is 0 Å². The van der Waals surface area contributed by atoms with Gasteiger partial charge in [-0.3, -0.25) is 9.80 Å². The molecule has 0 bridgehead atoms. The zero-order chi connectivity index (χ0) is 45.4. The van der Waals surface area contributed by atoms with Gasteiger partial charge in [0, 0.05) is 63.5 Å². The molecule has 19 heteroatoms. The number of nitrogens with zero attached hydrogens (tertiary/aromatic N) is 3. The lowest BCUT2D eigenvalue weighted by atomic mass is 9.95. The van der Waals surface area contributed by atoms with Crippen molar-refractivity contribution < 1.29 is 55.3 Å². The van der Waals surface area contributed by atoms with Gasteiger partial charge in [-0.25, -0.2) is 35.6 Å². The van der Waals surface area contributed by atoms with E-state index in [1.807, 2.05) is 0 Å². The average Bonchev–Trinajstić information content (AvgIpc) is 3.15. The molecule has 2 fully saturated rings. The normalized spacial score (nSPS) is 19.8. The average molecular weight is 883 g/mol. The number of aliphatic hydroxyl groups excluding tert-OH is 2. The molecule has 0 aromatic heterocycles. The summed E-state index contributed by atoms with van der Waals surface area (Å²) in [6.45, 7) is 11.4. The lowest BCUT2D eigenvalue weighted by Gasteiger charge is -2.44. The predicted molar refractivity (Wildman–Crippen MR) is 220 cm³/mol. The molecule has 3 aromatic carbocycles. The number of carbonyl (C=O) groups is 2. The Hall–Kier alpha value is -4.37. The van der Waals surface area contributed by atoms with Gasteiger partial charge in [0.15, 0.2) is 0 Å². The number of sulfonamides is 1. The van der Waals surface area contributed by atoms with E-state index in [1.165, 1.54) is 38.4 Å². The minimum atomic E-state index is -3.91. The number of halogens is 4. The molecule has 2 aliphatic heterocycles. The number of nitrogens with one attached hydrogen (secondary N) is 1. The van der Waals surface area contributed by atoms with Crippen LogP contribution in [0.4, 0.5) is 27.2 Å². The van der Waals surface area contributed by atoms with Crippen molar-refractivity contribution in [2.45, 2.75) is 107 Å². The van der Waals surface area contributed by atoms with Crippen molar-refractivity contribution in [1.82, 2.24) is 19.4 Å². The van der Waals surface area contributed by atoms with E-state index in [2.05, 4.69) is 5.32 Å². The van der Waals surface area contributed by atoms with Crippen molar-refractivity contribution >= 4 is 22.2 Å². The van der Waals surface area contributed by atoms with Crippen LogP contribution in [0, 0.1) is 23.3 Å². The van der Waals surface area contributed by atoms with Gasteiger partial charge in [-0.2, -0.15) is 4.31 Å². The highest BCUT2D eigenvalue weighted by molar-refractivity contribution is 7.89. The van der Waals surface area contributed by atoms with Crippen LogP contribution in [0.2, 0.25) is 0 Å². The van der Waals surface area contributed by atoms with Crippen LogP contribution < -0.4 is 16.8 Å². The van der Waals surface area contributed by atoms with E-state index in [9.17, 15) is 45.8 Å². The maximum Gasteiger partial charge on any atom is 0.410 e. The zero-order valence-corrected chi connectivity index (χ0v) is 36.0. The van der Waals surface area contributed by atoms with Crippen LogP contribution in [0.3, 0.4) is 0 Å². The van der Waals surface area contributed by atoms with Crippen LogP contribution in [-0.4, -0.2) is 132 Å². The second-order valence-corrected chi connectivity index (χ2v) is 19.1. The van der Waals surface area contributed by atoms with E-state index in [4.69, 9.17) is 20.9 Å². The van der Waals surface area contributed by atoms with E-state index < -0.39 is 93.1 Å². The standard InChI is InChI=1S/C24H31F2N3O5S.C18H27F2N3O3/c1-24(2,3)34-23(31)29-10-9-28(35(32,33)19-7-5-4-6-8-19)15-21(29)22(30)20(27)13-16-11-17(25)14-18(26)12-16;1-18(2,3)26-17(25)23-5-4-22-10-15(23)16(24)14(21)8-11-6-12(19)9-13(20)7-11/h4-8,11-12,14,20-22,30H,9-10,13,15,27H2,1-3H3;6-7,9,14-16,22,24H,4-5,8,10,21H2,1-3H3/t20?,21-,22+;14?,15-,16+/m11/s1. The van der Waals surface area contributed by atoms with E-state index in [0.29, 0.717) is 25.2 Å². The van der Waals surface area contributed by atoms with Gasteiger partial charge in [0.1, 0.15) is 34.5 Å². The number of carbonyl (C=O) groups excluding carboxylic acids is 2. The molecule has 0 aliphatic carbocycles. The summed E-state index contributed by atoms with van der Waals surface area (Å²) in [6, 6.07) is 10.4. The van der Waals surface area contributed by atoms with E-state index in [-0.39, 0.29) is 42.9 Å². The summed E-state index contributed by atoms with van der Waals surface area (Å²) in [6.07, 6.45) is -3.76. The van der Waals surface area contributed by atoms with Crippen molar-refractivity contribution in [1.29, 1.82) is 0 Å².